The molecule has 2 aromatic rings. The summed E-state index contributed by atoms with van der Waals surface area (Å²) < 4.78 is 11.0. The lowest BCUT2D eigenvalue weighted by Gasteiger charge is -2.19. The summed E-state index contributed by atoms with van der Waals surface area (Å²) in [5.74, 6) is 1.31. The Bertz CT molecular complexity index is 760. The molecule has 26 heavy (non-hydrogen) atoms. The van der Waals surface area contributed by atoms with Crippen molar-refractivity contribution < 1.29 is 14.4 Å². The van der Waals surface area contributed by atoms with Crippen LogP contribution in [0.3, 0.4) is 0 Å². The minimum absolute atomic E-state index is 0.0743. The van der Waals surface area contributed by atoms with Crippen molar-refractivity contribution in [3.63, 3.8) is 0 Å². The van der Waals surface area contributed by atoms with Crippen LogP contribution in [0.15, 0.2) is 42.5 Å². The van der Waals surface area contributed by atoms with Crippen LogP contribution in [0.5, 0.6) is 11.5 Å². The van der Waals surface area contributed by atoms with E-state index < -0.39 is 0 Å². The van der Waals surface area contributed by atoms with Crippen LogP contribution in [0.25, 0.3) is 0 Å². The largest absolute Gasteiger partial charge is 0.493 e. The zero-order chi connectivity index (χ0) is 18.4. The number of nitrogens with zero attached hydrogens (tertiary/aromatic N) is 2. The molecule has 7 heteroatoms. The van der Waals surface area contributed by atoms with Crippen molar-refractivity contribution in [1.29, 1.82) is 0 Å². The van der Waals surface area contributed by atoms with Gasteiger partial charge in [-0.1, -0.05) is 12.1 Å². The van der Waals surface area contributed by atoms with Crippen molar-refractivity contribution in [2.24, 2.45) is 0 Å². The third kappa shape index (κ3) is 4.17. The van der Waals surface area contributed by atoms with Crippen molar-refractivity contribution in [3.8, 4) is 11.5 Å². The second-order valence-electron chi connectivity index (χ2n) is 6.08. The van der Waals surface area contributed by atoms with Crippen molar-refractivity contribution >= 4 is 17.1 Å². The number of hydrogen-bond donors (Lipinski definition) is 1. The van der Waals surface area contributed by atoms with Gasteiger partial charge >= 0.3 is 0 Å². The lowest BCUT2D eigenvalue weighted by molar-refractivity contribution is -0.383. The SMILES string of the molecule is COc1ccccc1OCCNc1cc(N2CCCC2)ccc1[N+](=O)[O-]. The van der Waals surface area contributed by atoms with Crippen LogP contribution in [0.2, 0.25) is 0 Å². The highest BCUT2D eigenvalue weighted by Gasteiger charge is 2.18. The second-order valence-corrected chi connectivity index (χ2v) is 6.08. The maximum atomic E-state index is 11.3. The van der Waals surface area contributed by atoms with E-state index >= 15 is 0 Å². The van der Waals surface area contributed by atoms with Gasteiger partial charge in [-0.25, -0.2) is 0 Å². The number of benzene rings is 2. The Kier molecular flexibility index (Phi) is 5.78. The Balaban J connectivity index is 1.64. The third-order valence-corrected chi connectivity index (χ3v) is 4.39. The van der Waals surface area contributed by atoms with Gasteiger partial charge in [0.1, 0.15) is 12.3 Å². The maximum absolute atomic E-state index is 11.3. The molecule has 0 saturated carbocycles. The fourth-order valence-electron chi connectivity index (χ4n) is 3.08. The third-order valence-electron chi connectivity index (χ3n) is 4.39. The molecule has 1 N–H and O–H groups in total. The van der Waals surface area contributed by atoms with Crippen LogP contribution in [0.1, 0.15) is 12.8 Å². The first-order valence-electron chi connectivity index (χ1n) is 8.72. The van der Waals surface area contributed by atoms with Crippen LogP contribution in [-0.4, -0.2) is 38.3 Å². The summed E-state index contributed by atoms with van der Waals surface area (Å²) in [5, 5.41) is 14.4. The molecule has 0 amide bonds. The van der Waals surface area contributed by atoms with Crippen LogP contribution in [-0.2, 0) is 0 Å². The Morgan fingerprint density at radius 3 is 2.58 bits per heavy atom. The average molecular weight is 357 g/mol. The zero-order valence-electron chi connectivity index (χ0n) is 14.8. The molecule has 1 fully saturated rings. The first-order chi connectivity index (χ1) is 12.7. The molecule has 0 aromatic heterocycles. The van der Waals surface area contributed by atoms with Crippen LogP contribution in [0, 0.1) is 10.1 Å². The average Bonchev–Trinajstić information content (AvgIpc) is 3.20. The molecule has 0 spiro atoms. The van der Waals surface area contributed by atoms with E-state index in [0.29, 0.717) is 30.3 Å². The highest BCUT2D eigenvalue weighted by atomic mass is 16.6. The summed E-state index contributed by atoms with van der Waals surface area (Å²) in [4.78, 5) is 13.2. The van der Waals surface area contributed by atoms with E-state index in [-0.39, 0.29) is 10.6 Å². The summed E-state index contributed by atoms with van der Waals surface area (Å²) in [5.41, 5.74) is 1.61. The van der Waals surface area contributed by atoms with E-state index in [1.807, 2.05) is 36.4 Å². The molecule has 138 valence electrons. The normalized spacial score (nSPS) is 13.5. The minimum Gasteiger partial charge on any atom is -0.493 e. The summed E-state index contributed by atoms with van der Waals surface area (Å²) >= 11 is 0. The molecule has 0 radical (unpaired) electrons. The van der Waals surface area contributed by atoms with Gasteiger partial charge in [-0.05, 0) is 37.1 Å². The summed E-state index contributed by atoms with van der Waals surface area (Å²) in [6, 6.07) is 12.6. The predicted molar refractivity (Wildman–Crippen MR) is 102 cm³/mol. The number of nitrogens with one attached hydrogen (secondary N) is 1. The van der Waals surface area contributed by atoms with Crippen molar-refractivity contribution in [3.05, 3.63) is 52.6 Å². The monoisotopic (exact) mass is 357 g/mol. The maximum Gasteiger partial charge on any atom is 0.292 e. The van der Waals surface area contributed by atoms with E-state index in [4.69, 9.17) is 9.47 Å². The first kappa shape index (κ1) is 17.8. The summed E-state index contributed by atoms with van der Waals surface area (Å²) in [6.45, 7) is 2.80. The number of anilines is 2. The van der Waals surface area contributed by atoms with Gasteiger partial charge in [0.15, 0.2) is 11.5 Å². The van der Waals surface area contributed by atoms with Gasteiger partial charge in [-0.3, -0.25) is 10.1 Å². The van der Waals surface area contributed by atoms with Gasteiger partial charge in [0.05, 0.1) is 12.0 Å². The van der Waals surface area contributed by atoms with Gasteiger partial charge in [0.2, 0.25) is 0 Å². The molecular weight excluding hydrogens is 334 g/mol. The lowest BCUT2D eigenvalue weighted by atomic mass is 10.2. The fraction of sp³-hybridized carbons (Fsp3) is 0.368. The summed E-state index contributed by atoms with van der Waals surface area (Å²) in [6.07, 6.45) is 2.32. The van der Waals surface area contributed by atoms with Crippen molar-refractivity contribution in [1.82, 2.24) is 0 Å². The Morgan fingerprint density at radius 2 is 1.88 bits per heavy atom. The van der Waals surface area contributed by atoms with E-state index in [1.165, 1.54) is 0 Å². The van der Waals surface area contributed by atoms with Gasteiger partial charge in [0, 0.05) is 31.4 Å². The van der Waals surface area contributed by atoms with E-state index in [9.17, 15) is 10.1 Å². The Labute approximate surface area is 152 Å². The van der Waals surface area contributed by atoms with E-state index in [1.54, 1.807) is 13.2 Å². The van der Waals surface area contributed by atoms with Gasteiger partial charge in [0.25, 0.3) is 5.69 Å². The topological polar surface area (TPSA) is 76.9 Å². The first-order valence-corrected chi connectivity index (χ1v) is 8.72. The number of hydrogen-bond acceptors (Lipinski definition) is 6. The number of para-hydroxylation sites is 2. The highest BCUT2D eigenvalue weighted by Crippen LogP contribution is 2.31. The Morgan fingerprint density at radius 1 is 1.15 bits per heavy atom. The standard InChI is InChI=1S/C19H23N3O4/c1-25-18-6-2-3-7-19(18)26-13-10-20-16-14-15(21-11-4-5-12-21)8-9-17(16)22(23)24/h2-3,6-9,14,20H,4-5,10-13H2,1H3. The molecule has 0 atom stereocenters. The Hall–Kier alpha value is -2.96. The molecule has 0 bridgehead atoms. The summed E-state index contributed by atoms with van der Waals surface area (Å²) in [7, 11) is 1.59. The molecule has 2 aromatic carbocycles. The molecule has 1 aliphatic heterocycles. The number of nitro groups is 1. The quantitative estimate of drug-likeness (QED) is 0.441. The number of nitro benzene ring substituents is 1. The van der Waals surface area contributed by atoms with E-state index in [2.05, 4.69) is 10.2 Å². The zero-order valence-corrected chi connectivity index (χ0v) is 14.8. The molecule has 0 aliphatic carbocycles. The smallest absolute Gasteiger partial charge is 0.292 e. The van der Waals surface area contributed by atoms with Gasteiger partial charge in [-0.15, -0.1) is 0 Å². The molecule has 0 unspecified atom stereocenters. The highest BCUT2D eigenvalue weighted by molar-refractivity contribution is 5.69. The lowest BCUT2D eigenvalue weighted by Crippen LogP contribution is -2.18. The van der Waals surface area contributed by atoms with Crippen molar-refractivity contribution in [2.45, 2.75) is 12.8 Å². The molecule has 1 aliphatic rings. The van der Waals surface area contributed by atoms with Gasteiger partial charge in [-0.2, -0.15) is 0 Å². The molecule has 7 nitrogen and oxygen atoms in total. The van der Waals surface area contributed by atoms with Crippen LogP contribution < -0.4 is 19.7 Å². The van der Waals surface area contributed by atoms with Crippen molar-refractivity contribution in [2.75, 3.05) is 43.6 Å². The number of rotatable bonds is 8. The van der Waals surface area contributed by atoms with Crippen LogP contribution >= 0.6 is 0 Å². The van der Waals surface area contributed by atoms with E-state index in [0.717, 1.165) is 31.6 Å². The number of methoxy groups -OCH3 is 1. The van der Waals surface area contributed by atoms with Gasteiger partial charge < -0.3 is 19.7 Å². The van der Waals surface area contributed by atoms with Crippen LogP contribution in [0.4, 0.5) is 17.1 Å². The molecular formula is C19H23N3O4. The number of ether oxygens (including phenoxy) is 2. The molecule has 1 saturated heterocycles. The fourth-order valence-corrected chi connectivity index (χ4v) is 3.08. The predicted octanol–water partition coefficient (Wildman–Crippen LogP) is 3.69. The molecule has 1 heterocycles. The minimum atomic E-state index is -0.364. The second kappa shape index (κ2) is 8.42. The molecule has 3 rings (SSSR count).